The summed E-state index contributed by atoms with van der Waals surface area (Å²) in [6.45, 7) is 3.70. The zero-order chi connectivity index (χ0) is 15.3. The number of carbonyl (C=O) groups excluding carboxylic acids is 1. The highest BCUT2D eigenvalue weighted by Crippen LogP contribution is 2.23. The first-order valence-electron chi connectivity index (χ1n) is 6.20. The van der Waals surface area contributed by atoms with Gasteiger partial charge in [0.15, 0.2) is 0 Å². The zero-order valence-electron chi connectivity index (χ0n) is 12.0. The average Bonchev–Trinajstić information content (AvgIpc) is 2.43. The van der Waals surface area contributed by atoms with E-state index in [4.69, 9.17) is 4.74 Å². The highest BCUT2D eigenvalue weighted by atomic mass is 32.2. The number of hydrogen-bond donors (Lipinski definition) is 2. The van der Waals surface area contributed by atoms with E-state index in [9.17, 15) is 13.2 Å². The van der Waals surface area contributed by atoms with Crippen LogP contribution in [0, 0.1) is 5.92 Å². The van der Waals surface area contributed by atoms with Crippen molar-refractivity contribution in [2.24, 2.45) is 5.92 Å². The molecule has 1 rings (SSSR count). The number of anilines is 1. The van der Waals surface area contributed by atoms with Crippen LogP contribution in [0.1, 0.15) is 13.8 Å². The van der Waals surface area contributed by atoms with E-state index >= 15 is 0 Å². The third-order valence-electron chi connectivity index (χ3n) is 2.88. The van der Waals surface area contributed by atoms with Crippen molar-refractivity contribution in [1.29, 1.82) is 0 Å². The van der Waals surface area contributed by atoms with E-state index < -0.39 is 22.0 Å². The summed E-state index contributed by atoms with van der Waals surface area (Å²) in [5, 5.41) is 2.94. The molecular weight excluding hydrogens is 280 g/mol. The maximum absolute atomic E-state index is 11.9. The Morgan fingerprint density at radius 3 is 2.35 bits per heavy atom. The van der Waals surface area contributed by atoms with Gasteiger partial charge in [0, 0.05) is 0 Å². The topological polar surface area (TPSA) is 84.5 Å². The smallest absolute Gasteiger partial charge is 0.328 e. The van der Waals surface area contributed by atoms with Crippen molar-refractivity contribution in [3.05, 3.63) is 24.3 Å². The normalized spacial score (nSPS) is 13.1. The average molecular weight is 300 g/mol. The molecule has 0 spiro atoms. The summed E-state index contributed by atoms with van der Waals surface area (Å²) in [4.78, 5) is 11.8. The SMILES string of the molecule is CNS(=O)(=O)c1ccccc1NC(C(=O)OC)C(C)C. The summed E-state index contributed by atoms with van der Waals surface area (Å²) in [7, 11) is -0.956. The lowest BCUT2D eigenvalue weighted by molar-refractivity contribution is -0.142. The van der Waals surface area contributed by atoms with Gasteiger partial charge < -0.3 is 10.1 Å². The fraction of sp³-hybridized carbons (Fsp3) is 0.462. The van der Waals surface area contributed by atoms with Crippen LogP contribution < -0.4 is 10.0 Å². The molecule has 7 heteroatoms. The first-order valence-corrected chi connectivity index (χ1v) is 7.68. The third kappa shape index (κ3) is 3.71. The third-order valence-corrected chi connectivity index (χ3v) is 4.35. The van der Waals surface area contributed by atoms with Crippen molar-refractivity contribution in [3.63, 3.8) is 0 Å². The van der Waals surface area contributed by atoms with Crippen LogP contribution in [-0.2, 0) is 19.6 Å². The van der Waals surface area contributed by atoms with Crippen molar-refractivity contribution >= 4 is 21.7 Å². The maximum atomic E-state index is 11.9. The van der Waals surface area contributed by atoms with Gasteiger partial charge >= 0.3 is 5.97 Å². The van der Waals surface area contributed by atoms with Crippen LogP contribution in [0.5, 0.6) is 0 Å². The number of rotatable bonds is 6. The second-order valence-corrected chi connectivity index (χ2v) is 6.45. The van der Waals surface area contributed by atoms with Crippen molar-refractivity contribution in [2.75, 3.05) is 19.5 Å². The van der Waals surface area contributed by atoms with Crippen LogP contribution in [-0.4, -0.2) is 34.6 Å². The number of hydrogen-bond acceptors (Lipinski definition) is 5. The predicted octanol–water partition coefficient (Wildman–Crippen LogP) is 1.20. The molecule has 1 aromatic carbocycles. The van der Waals surface area contributed by atoms with E-state index in [1.165, 1.54) is 20.2 Å². The molecule has 0 saturated carbocycles. The molecule has 0 amide bonds. The Hall–Kier alpha value is -1.60. The number of nitrogens with one attached hydrogen (secondary N) is 2. The second kappa shape index (κ2) is 6.71. The van der Waals surface area contributed by atoms with Crippen LogP contribution in [0.3, 0.4) is 0 Å². The molecule has 0 saturated heterocycles. The van der Waals surface area contributed by atoms with Gasteiger partial charge in [0.1, 0.15) is 10.9 Å². The highest BCUT2D eigenvalue weighted by molar-refractivity contribution is 7.89. The quantitative estimate of drug-likeness (QED) is 0.771. The fourth-order valence-corrected chi connectivity index (χ4v) is 2.62. The summed E-state index contributed by atoms with van der Waals surface area (Å²) >= 11 is 0. The van der Waals surface area contributed by atoms with Crippen LogP contribution >= 0.6 is 0 Å². The summed E-state index contributed by atoms with van der Waals surface area (Å²) in [6, 6.07) is 5.79. The molecule has 1 atom stereocenters. The van der Waals surface area contributed by atoms with Gasteiger partial charge in [0.05, 0.1) is 12.8 Å². The summed E-state index contributed by atoms with van der Waals surface area (Å²) in [6.07, 6.45) is 0. The minimum atomic E-state index is -3.60. The number of sulfonamides is 1. The Bertz CT molecular complexity index is 569. The number of para-hydroxylation sites is 1. The second-order valence-electron chi connectivity index (χ2n) is 4.59. The maximum Gasteiger partial charge on any atom is 0.328 e. The van der Waals surface area contributed by atoms with Crippen LogP contribution in [0.25, 0.3) is 0 Å². The van der Waals surface area contributed by atoms with E-state index in [1.807, 2.05) is 13.8 Å². The molecule has 112 valence electrons. The Labute approximate surface area is 119 Å². The summed E-state index contributed by atoms with van der Waals surface area (Å²) in [5.74, 6) is -0.482. The number of methoxy groups -OCH3 is 1. The number of benzene rings is 1. The molecule has 0 fully saturated rings. The molecule has 1 aromatic rings. The predicted molar refractivity (Wildman–Crippen MR) is 77.0 cm³/mol. The van der Waals surface area contributed by atoms with Gasteiger partial charge in [-0.3, -0.25) is 0 Å². The Balaban J connectivity index is 3.18. The van der Waals surface area contributed by atoms with Crippen LogP contribution in [0.4, 0.5) is 5.69 Å². The van der Waals surface area contributed by atoms with E-state index in [2.05, 4.69) is 10.0 Å². The van der Waals surface area contributed by atoms with Crippen molar-refractivity contribution < 1.29 is 17.9 Å². The molecule has 2 N–H and O–H groups in total. The lowest BCUT2D eigenvalue weighted by Gasteiger charge is -2.22. The van der Waals surface area contributed by atoms with Crippen molar-refractivity contribution in [2.45, 2.75) is 24.8 Å². The van der Waals surface area contributed by atoms with Gasteiger partial charge in [-0.2, -0.15) is 0 Å². The minimum absolute atomic E-state index is 0.0483. The van der Waals surface area contributed by atoms with Gasteiger partial charge in [0.25, 0.3) is 0 Å². The number of esters is 1. The molecule has 20 heavy (non-hydrogen) atoms. The zero-order valence-corrected chi connectivity index (χ0v) is 12.8. The first-order chi connectivity index (χ1) is 9.33. The molecule has 0 aliphatic heterocycles. The van der Waals surface area contributed by atoms with Gasteiger partial charge in [-0.1, -0.05) is 26.0 Å². The van der Waals surface area contributed by atoms with Gasteiger partial charge in [0.2, 0.25) is 10.0 Å². The molecule has 0 radical (unpaired) electrons. The lowest BCUT2D eigenvalue weighted by Crippen LogP contribution is -2.36. The van der Waals surface area contributed by atoms with Crippen molar-refractivity contribution in [1.82, 2.24) is 4.72 Å². The molecule has 0 aliphatic carbocycles. The number of ether oxygens (including phenoxy) is 1. The first kappa shape index (κ1) is 16.5. The lowest BCUT2D eigenvalue weighted by atomic mass is 10.0. The van der Waals surface area contributed by atoms with Gasteiger partial charge in [-0.05, 0) is 25.1 Å². The molecule has 0 bridgehead atoms. The molecule has 1 unspecified atom stereocenters. The minimum Gasteiger partial charge on any atom is -0.467 e. The van der Waals surface area contributed by atoms with E-state index in [1.54, 1.807) is 18.2 Å². The largest absolute Gasteiger partial charge is 0.467 e. The van der Waals surface area contributed by atoms with Crippen LogP contribution in [0.15, 0.2) is 29.2 Å². The Kier molecular flexibility index (Phi) is 5.52. The summed E-state index contributed by atoms with van der Waals surface area (Å²) < 4.78 is 30.9. The highest BCUT2D eigenvalue weighted by Gasteiger charge is 2.25. The monoisotopic (exact) mass is 300 g/mol. The molecule has 0 aliphatic rings. The van der Waals surface area contributed by atoms with Crippen LogP contribution in [0.2, 0.25) is 0 Å². The van der Waals surface area contributed by atoms with E-state index in [0.29, 0.717) is 5.69 Å². The standard InChI is InChI=1S/C13H20N2O4S/c1-9(2)12(13(16)19-4)15-10-7-5-6-8-11(10)20(17,18)14-3/h5-9,12,14-15H,1-4H3. The van der Waals surface area contributed by atoms with E-state index in [0.717, 1.165) is 0 Å². The Morgan fingerprint density at radius 1 is 1.25 bits per heavy atom. The van der Waals surface area contributed by atoms with Crippen molar-refractivity contribution in [3.8, 4) is 0 Å². The fourth-order valence-electron chi connectivity index (χ4n) is 1.72. The van der Waals surface area contributed by atoms with E-state index in [-0.39, 0.29) is 10.8 Å². The molecule has 0 heterocycles. The Morgan fingerprint density at radius 2 is 1.85 bits per heavy atom. The van der Waals surface area contributed by atoms with Gasteiger partial charge in [-0.15, -0.1) is 0 Å². The summed E-state index contributed by atoms with van der Waals surface area (Å²) in [5.41, 5.74) is 0.367. The molecule has 0 aromatic heterocycles. The van der Waals surface area contributed by atoms with Gasteiger partial charge in [-0.25, -0.2) is 17.9 Å². The number of carbonyl (C=O) groups is 1. The molecule has 6 nitrogen and oxygen atoms in total. The molecular formula is C13H20N2O4S.